The number of rotatable bonds is 9. The Morgan fingerprint density at radius 2 is 1.79 bits per heavy atom. The number of thiazole rings is 1. The largest absolute Gasteiger partial charge is 0.493 e. The van der Waals surface area contributed by atoms with E-state index < -0.39 is 28.5 Å². The Labute approximate surface area is 238 Å². The molecule has 2 heterocycles. The van der Waals surface area contributed by atoms with Gasteiger partial charge in [0.1, 0.15) is 4.90 Å². The molecule has 0 saturated carbocycles. The predicted molar refractivity (Wildman–Crippen MR) is 146 cm³/mol. The second-order valence-electron chi connectivity index (χ2n) is 8.01. The summed E-state index contributed by atoms with van der Waals surface area (Å²) in [5.41, 5.74) is 1.09. The van der Waals surface area contributed by atoms with Crippen LogP contribution in [0.4, 0.5) is 5.13 Å². The molecule has 0 aliphatic carbocycles. The maximum absolute atomic E-state index is 13.0. The SMILES string of the molecule is COc1ccc(-c2csc(NC(=O)COC(=O)c3cc(S(=O)(=O)N4CCOCC4)c(Cl)cc3Cl)n2)cc1OC. The summed E-state index contributed by atoms with van der Waals surface area (Å²) in [6.07, 6.45) is 0. The van der Waals surface area contributed by atoms with Gasteiger partial charge >= 0.3 is 5.97 Å². The number of amides is 1. The van der Waals surface area contributed by atoms with Gasteiger partial charge in [0, 0.05) is 24.0 Å². The quantitative estimate of drug-likeness (QED) is 0.355. The van der Waals surface area contributed by atoms with Crippen LogP contribution in [0.1, 0.15) is 10.4 Å². The highest BCUT2D eigenvalue weighted by atomic mass is 35.5. The summed E-state index contributed by atoms with van der Waals surface area (Å²) in [5.74, 6) is -0.543. The van der Waals surface area contributed by atoms with Gasteiger partial charge in [-0.25, -0.2) is 18.2 Å². The van der Waals surface area contributed by atoms with Crippen LogP contribution in [0.2, 0.25) is 10.0 Å². The molecule has 1 aliphatic rings. The van der Waals surface area contributed by atoms with Gasteiger partial charge in [-0.15, -0.1) is 11.3 Å². The Hall–Kier alpha value is -2.94. The Bertz CT molecular complexity index is 1490. The first kappa shape index (κ1) is 29.1. The third-order valence-electron chi connectivity index (χ3n) is 5.59. The van der Waals surface area contributed by atoms with Crippen molar-refractivity contribution in [1.29, 1.82) is 0 Å². The average molecular weight is 617 g/mol. The Morgan fingerprint density at radius 1 is 1.08 bits per heavy atom. The molecular formula is C24H23Cl2N3O8S2. The number of sulfonamides is 1. The third-order valence-corrected chi connectivity index (χ3v) is 9.03. The summed E-state index contributed by atoms with van der Waals surface area (Å²) in [5, 5.41) is 4.32. The van der Waals surface area contributed by atoms with E-state index in [0.29, 0.717) is 17.2 Å². The zero-order valence-corrected chi connectivity index (χ0v) is 23.9. The molecule has 0 bridgehead atoms. The number of hydrogen-bond donors (Lipinski definition) is 1. The lowest BCUT2D eigenvalue weighted by molar-refractivity contribution is -0.119. The lowest BCUT2D eigenvalue weighted by Gasteiger charge is -2.26. The van der Waals surface area contributed by atoms with Crippen LogP contribution in [-0.2, 0) is 24.3 Å². The van der Waals surface area contributed by atoms with Crippen molar-refractivity contribution in [3.05, 3.63) is 51.3 Å². The molecule has 15 heteroatoms. The van der Waals surface area contributed by atoms with Gasteiger partial charge in [0.25, 0.3) is 5.91 Å². The maximum atomic E-state index is 13.0. The number of morpholine rings is 1. The minimum absolute atomic E-state index is 0.120. The molecule has 39 heavy (non-hydrogen) atoms. The topological polar surface area (TPSA) is 133 Å². The van der Waals surface area contributed by atoms with Gasteiger partial charge in [0.2, 0.25) is 10.0 Å². The van der Waals surface area contributed by atoms with Gasteiger partial charge in [0.15, 0.2) is 23.2 Å². The van der Waals surface area contributed by atoms with Crippen LogP contribution in [0.3, 0.4) is 0 Å². The lowest BCUT2D eigenvalue weighted by atomic mass is 10.1. The number of methoxy groups -OCH3 is 2. The van der Waals surface area contributed by atoms with E-state index in [9.17, 15) is 18.0 Å². The number of aromatic nitrogens is 1. The van der Waals surface area contributed by atoms with E-state index in [4.69, 9.17) is 42.1 Å². The number of anilines is 1. The van der Waals surface area contributed by atoms with E-state index in [0.717, 1.165) is 17.7 Å². The molecule has 3 aromatic rings. The number of ether oxygens (including phenoxy) is 4. The second kappa shape index (κ2) is 12.5. The van der Waals surface area contributed by atoms with E-state index in [1.165, 1.54) is 29.9 Å². The zero-order chi connectivity index (χ0) is 28.2. The van der Waals surface area contributed by atoms with Crippen LogP contribution in [0.25, 0.3) is 11.3 Å². The first-order valence-electron chi connectivity index (χ1n) is 11.4. The van der Waals surface area contributed by atoms with Crippen molar-refractivity contribution in [1.82, 2.24) is 9.29 Å². The van der Waals surface area contributed by atoms with Crippen LogP contribution in [0, 0.1) is 0 Å². The first-order valence-corrected chi connectivity index (χ1v) is 14.4. The maximum Gasteiger partial charge on any atom is 0.340 e. The van der Waals surface area contributed by atoms with E-state index in [1.807, 2.05) is 0 Å². The molecule has 1 aromatic heterocycles. The van der Waals surface area contributed by atoms with E-state index >= 15 is 0 Å². The number of hydrogen-bond acceptors (Lipinski definition) is 10. The first-order chi connectivity index (χ1) is 18.6. The molecule has 0 radical (unpaired) electrons. The monoisotopic (exact) mass is 615 g/mol. The molecule has 1 amide bonds. The van der Waals surface area contributed by atoms with Crippen LogP contribution < -0.4 is 14.8 Å². The Kier molecular flexibility index (Phi) is 9.31. The van der Waals surface area contributed by atoms with Crippen LogP contribution in [-0.4, -0.2) is 76.7 Å². The van der Waals surface area contributed by atoms with Gasteiger partial charge in [-0.3, -0.25) is 10.1 Å². The summed E-state index contributed by atoms with van der Waals surface area (Å²) in [4.78, 5) is 29.2. The van der Waals surface area contributed by atoms with Gasteiger partial charge in [0.05, 0.1) is 48.7 Å². The van der Waals surface area contributed by atoms with Crippen molar-refractivity contribution in [2.24, 2.45) is 0 Å². The van der Waals surface area contributed by atoms with Crippen LogP contribution in [0.15, 0.2) is 40.6 Å². The standard InChI is InChI=1S/C24H23Cl2N3O8S2/c1-34-19-4-3-14(9-20(19)35-2)18-13-38-24(27-18)28-22(30)12-37-23(31)15-10-21(17(26)11-16(15)25)39(32,33)29-5-7-36-8-6-29/h3-4,9-11,13H,5-8,12H2,1-2H3,(H,27,28,30). The summed E-state index contributed by atoms with van der Waals surface area (Å²) < 4.78 is 48.1. The van der Waals surface area contributed by atoms with Gasteiger partial charge in [-0.2, -0.15) is 4.31 Å². The number of benzene rings is 2. The van der Waals surface area contributed by atoms with Crippen molar-refractivity contribution in [3.8, 4) is 22.8 Å². The summed E-state index contributed by atoms with van der Waals surface area (Å²) >= 11 is 13.5. The van der Waals surface area contributed by atoms with E-state index in [1.54, 1.807) is 23.6 Å². The van der Waals surface area contributed by atoms with Gasteiger partial charge < -0.3 is 18.9 Å². The molecule has 1 fully saturated rings. The minimum Gasteiger partial charge on any atom is -0.493 e. The van der Waals surface area contributed by atoms with E-state index in [2.05, 4.69) is 10.3 Å². The lowest BCUT2D eigenvalue weighted by Crippen LogP contribution is -2.40. The van der Waals surface area contributed by atoms with Crippen molar-refractivity contribution < 1.29 is 37.0 Å². The molecule has 1 N–H and O–H groups in total. The summed E-state index contributed by atoms with van der Waals surface area (Å²) in [6, 6.07) is 7.49. The highest BCUT2D eigenvalue weighted by Gasteiger charge is 2.30. The minimum atomic E-state index is -4.01. The molecule has 1 aliphatic heterocycles. The zero-order valence-electron chi connectivity index (χ0n) is 20.7. The summed E-state index contributed by atoms with van der Waals surface area (Å²) in [6.45, 7) is 0.110. The molecule has 11 nitrogen and oxygen atoms in total. The molecule has 208 valence electrons. The molecule has 0 unspecified atom stereocenters. The fourth-order valence-electron chi connectivity index (χ4n) is 3.63. The molecule has 0 spiro atoms. The average Bonchev–Trinajstić information content (AvgIpc) is 3.40. The third kappa shape index (κ3) is 6.62. The molecule has 4 rings (SSSR count). The smallest absolute Gasteiger partial charge is 0.340 e. The van der Waals surface area contributed by atoms with Crippen molar-refractivity contribution in [3.63, 3.8) is 0 Å². The van der Waals surface area contributed by atoms with Crippen LogP contribution >= 0.6 is 34.5 Å². The number of halogens is 2. The molecular weight excluding hydrogens is 593 g/mol. The van der Waals surface area contributed by atoms with Gasteiger partial charge in [-0.1, -0.05) is 23.2 Å². The Balaban J connectivity index is 1.41. The molecule has 2 aromatic carbocycles. The fourth-order valence-corrected chi connectivity index (χ4v) is 6.60. The fraction of sp³-hybridized carbons (Fsp3) is 0.292. The Morgan fingerprint density at radius 3 is 2.49 bits per heavy atom. The van der Waals surface area contributed by atoms with Crippen LogP contribution in [0.5, 0.6) is 11.5 Å². The number of nitrogens with zero attached hydrogens (tertiary/aromatic N) is 2. The highest BCUT2D eigenvalue weighted by molar-refractivity contribution is 7.89. The number of esters is 1. The van der Waals surface area contributed by atoms with Crippen molar-refractivity contribution >= 4 is 61.6 Å². The van der Waals surface area contributed by atoms with Gasteiger partial charge in [-0.05, 0) is 30.3 Å². The number of carbonyl (C=O) groups excluding carboxylic acids is 2. The van der Waals surface area contributed by atoms with E-state index in [-0.39, 0.29) is 51.9 Å². The molecule has 0 atom stereocenters. The number of carbonyl (C=O) groups is 2. The normalized spacial score (nSPS) is 14.1. The molecule has 1 saturated heterocycles. The highest BCUT2D eigenvalue weighted by Crippen LogP contribution is 2.34. The second-order valence-corrected chi connectivity index (χ2v) is 11.6. The van der Waals surface area contributed by atoms with Crippen molar-refractivity contribution in [2.75, 3.05) is 52.4 Å². The number of nitrogens with one attached hydrogen (secondary N) is 1. The van der Waals surface area contributed by atoms with Crippen molar-refractivity contribution in [2.45, 2.75) is 4.90 Å². The summed E-state index contributed by atoms with van der Waals surface area (Å²) in [7, 11) is -0.952. The predicted octanol–water partition coefficient (Wildman–Crippen LogP) is 3.95.